The van der Waals surface area contributed by atoms with Crippen LogP contribution in [0, 0.1) is 13.8 Å². The SMILES string of the molecule is Cc1ccc(-c2ccccc2)c2c1C=CC2CCC1C=Cc2c(C)ccc(-c3ccccc3)c21. The predicted molar refractivity (Wildman–Crippen MR) is 146 cm³/mol. The van der Waals surface area contributed by atoms with Crippen LogP contribution in [-0.2, 0) is 0 Å². The molecule has 4 aromatic carbocycles. The maximum absolute atomic E-state index is 2.44. The van der Waals surface area contributed by atoms with E-state index in [1.165, 1.54) is 55.6 Å². The van der Waals surface area contributed by atoms with E-state index < -0.39 is 0 Å². The highest BCUT2D eigenvalue weighted by Crippen LogP contribution is 2.46. The Morgan fingerprint density at radius 1 is 0.500 bits per heavy atom. The fourth-order valence-electron chi connectivity index (χ4n) is 5.93. The minimum atomic E-state index is 0.465. The van der Waals surface area contributed by atoms with Gasteiger partial charge in [-0.15, -0.1) is 0 Å². The lowest BCUT2D eigenvalue weighted by Gasteiger charge is -2.21. The molecule has 0 saturated carbocycles. The quantitative estimate of drug-likeness (QED) is 0.291. The fraction of sp³-hybridized carbons (Fsp3) is 0.176. The van der Waals surface area contributed by atoms with Gasteiger partial charge in [0, 0.05) is 11.8 Å². The Balaban J connectivity index is 1.32. The van der Waals surface area contributed by atoms with Crippen molar-refractivity contribution in [3.63, 3.8) is 0 Å². The zero-order chi connectivity index (χ0) is 23.1. The van der Waals surface area contributed by atoms with Crippen LogP contribution in [0.2, 0.25) is 0 Å². The minimum absolute atomic E-state index is 0.465. The second kappa shape index (κ2) is 8.61. The molecular weight excluding hydrogens is 408 g/mol. The Hall–Kier alpha value is -3.64. The first-order valence-corrected chi connectivity index (χ1v) is 12.4. The predicted octanol–water partition coefficient (Wildman–Crippen LogP) is 9.34. The van der Waals surface area contributed by atoms with Crippen LogP contribution >= 0.6 is 0 Å². The summed E-state index contributed by atoms with van der Waals surface area (Å²) in [5.74, 6) is 0.931. The van der Waals surface area contributed by atoms with E-state index in [9.17, 15) is 0 Å². The van der Waals surface area contributed by atoms with Gasteiger partial charge in [0.05, 0.1) is 0 Å². The molecule has 0 aromatic heterocycles. The molecule has 166 valence electrons. The molecule has 0 heterocycles. The summed E-state index contributed by atoms with van der Waals surface area (Å²) in [7, 11) is 0. The van der Waals surface area contributed by atoms with Gasteiger partial charge in [-0.25, -0.2) is 0 Å². The fourth-order valence-corrected chi connectivity index (χ4v) is 5.93. The number of hydrogen-bond acceptors (Lipinski definition) is 0. The second-order valence-electron chi connectivity index (χ2n) is 9.76. The molecule has 2 atom stereocenters. The van der Waals surface area contributed by atoms with Crippen molar-refractivity contribution in [3.05, 3.63) is 130 Å². The average Bonchev–Trinajstić information content (AvgIpc) is 3.50. The molecule has 2 aliphatic carbocycles. The van der Waals surface area contributed by atoms with Crippen LogP contribution in [0.3, 0.4) is 0 Å². The molecule has 0 N–H and O–H groups in total. The van der Waals surface area contributed by atoms with E-state index >= 15 is 0 Å². The second-order valence-corrected chi connectivity index (χ2v) is 9.76. The van der Waals surface area contributed by atoms with Crippen LogP contribution in [0.5, 0.6) is 0 Å². The first kappa shape index (κ1) is 20.9. The summed E-state index contributed by atoms with van der Waals surface area (Å²) in [5, 5.41) is 0. The van der Waals surface area contributed by atoms with Gasteiger partial charge in [-0.2, -0.15) is 0 Å². The maximum atomic E-state index is 2.44. The summed E-state index contributed by atoms with van der Waals surface area (Å²) in [6, 6.07) is 31.0. The topological polar surface area (TPSA) is 0 Å². The molecule has 0 nitrogen and oxygen atoms in total. The van der Waals surface area contributed by atoms with Crippen molar-refractivity contribution >= 4 is 12.2 Å². The van der Waals surface area contributed by atoms with E-state index in [1.807, 2.05) is 0 Å². The molecule has 2 unspecified atom stereocenters. The third kappa shape index (κ3) is 3.55. The van der Waals surface area contributed by atoms with Gasteiger partial charge >= 0.3 is 0 Å². The van der Waals surface area contributed by atoms with E-state index in [2.05, 4.69) is 123 Å². The molecular formula is C34H30. The molecule has 4 aromatic rings. The van der Waals surface area contributed by atoms with Gasteiger partial charge in [0.25, 0.3) is 0 Å². The standard InChI is InChI=1S/C34H30/c1-23-13-19-31(25-9-5-3-6-10-25)33-27(17-21-29(23)33)15-16-28-18-22-30-24(2)14-20-32(34(28)30)26-11-7-4-8-12-26/h3-14,17-22,27-28H,15-16H2,1-2H3. The number of allylic oxidation sites excluding steroid dienone is 2. The van der Waals surface area contributed by atoms with E-state index in [4.69, 9.17) is 0 Å². The van der Waals surface area contributed by atoms with E-state index in [0.29, 0.717) is 11.8 Å². The molecule has 0 spiro atoms. The first-order chi connectivity index (χ1) is 16.7. The number of fused-ring (bicyclic) bond motifs is 2. The third-order valence-electron chi connectivity index (χ3n) is 7.70. The molecule has 0 aliphatic heterocycles. The zero-order valence-electron chi connectivity index (χ0n) is 20.0. The Bertz CT molecular complexity index is 1290. The number of aryl methyl sites for hydroxylation is 2. The largest absolute Gasteiger partial charge is 0.0763 e. The normalized spacial score (nSPS) is 17.7. The molecule has 0 fully saturated rings. The summed E-state index contributed by atoms with van der Waals surface area (Å²) in [5.41, 5.74) is 14.0. The van der Waals surface area contributed by atoms with E-state index in [0.717, 1.165) is 12.8 Å². The lowest BCUT2D eigenvalue weighted by molar-refractivity contribution is 0.643. The third-order valence-corrected chi connectivity index (χ3v) is 7.70. The zero-order valence-corrected chi connectivity index (χ0v) is 20.0. The van der Waals surface area contributed by atoms with Gasteiger partial charge in [-0.1, -0.05) is 109 Å². The molecule has 6 rings (SSSR count). The van der Waals surface area contributed by atoms with Crippen LogP contribution in [-0.4, -0.2) is 0 Å². The van der Waals surface area contributed by atoms with E-state index in [1.54, 1.807) is 0 Å². The van der Waals surface area contributed by atoms with Gasteiger partial charge in [-0.05, 0) is 82.3 Å². The molecule has 0 saturated heterocycles. The van der Waals surface area contributed by atoms with Gasteiger partial charge in [-0.3, -0.25) is 0 Å². The van der Waals surface area contributed by atoms with Crippen molar-refractivity contribution < 1.29 is 0 Å². The van der Waals surface area contributed by atoms with Crippen molar-refractivity contribution in [1.29, 1.82) is 0 Å². The number of hydrogen-bond donors (Lipinski definition) is 0. The first-order valence-electron chi connectivity index (χ1n) is 12.4. The molecule has 0 bridgehead atoms. The van der Waals surface area contributed by atoms with Gasteiger partial charge in [0.2, 0.25) is 0 Å². The van der Waals surface area contributed by atoms with Gasteiger partial charge in [0.15, 0.2) is 0 Å². The smallest absolute Gasteiger partial charge is 0.00338 e. The lowest BCUT2D eigenvalue weighted by Crippen LogP contribution is -2.03. The lowest BCUT2D eigenvalue weighted by atomic mass is 9.82. The van der Waals surface area contributed by atoms with Crippen LogP contribution in [0.25, 0.3) is 34.4 Å². The van der Waals surface area contributed by atoms with Gasteiger partial charge in [0.1, 0.15) is 0 Å². The average molecular weight is 439 g/mol. The molecule has 34 heavy (non-hydrogen) atoms. The summed E-state index contributed by atoms with van der Waals surface area (Å²) in [6.07, 6.45) is 11.9. The maximum Gasteiger partial charge on any atom is 0.00338 e. The summed E-state index contributed by atoms with van der Waals surface area (Å²) < 4.78 is 0. The highest BCUT2D eigenvalue weighted by molar-refractivity contribution is 5.80. The Morgan fingerprint density at radius 2 is 0.912 bits per heavy atom. The van der Waals surface area contributed by atoms with Crippen molar-refractivity contribution in [3.8, 4) is 22.3 Å². The summed E-state index contributed by atoms with van der Waals surface area (Å²) in [4.78, 5) is 0. The summed E-state index contributed by atoms with van der Waals surface area (Å²) in [6.45, 7) is 4.48. The van der Waals surface area contributed by atoms with Gasteiger partial charge < -0.3 is 0 Å². The molecule has 0 amide bonds. The summed E-state index contributed by atoms with van der Waals surface area (Å²) >= 11 is 0. The Kier molecular flexibility index (Phi) is 5.30. The van der Waals surface area contributed by atoms with E-state index in [-0.39, 0.29) is 0 Å². The van der Waals surface area contributed by atoms with Crippen molar-refractivity contribution in [2.75, 3.05) is 0 Å². The number of benzene rings is 4. The molecule has 2 aliphatic rings. The Morgan fingerprint density at radius 3 is 1.32 bits per heavy atom. The van der Waals surface area contributed by atoms with Crippen molar-refractivity contribution in [2.24, 2.45) is 0 Å². The molecule has 0 radical (unpaired) electrons. The highest BCUT2D eigenvalue weighted by Gasteiger charge is 2.27. The highest BCUT2D eigenvalue weighted by atomic mass is 14.3. The van der Waals surface area contributed by atoms with Crippen LogP contribution in [0.4, 0.5) is 0 Å². The number of rotatable bonds is 5. The Labute approximate surface area is 203 Å². The van der Waals surface area contributed by atoms with Crippen molar-refractivity contribution in [1.82, 2.24) is 0 Å². The van der Waals surface area contributed by atoms with Crippen LogP contribution < -0.4 is 0 Å². The van der Waals surface area contributed by atoms with Crippen LogP contribution in [0.1, 0.15) is 58.1 Å². The molecule has 0 heteroatoms. The van der Waals surface area contributed by atoms with Crippen LogP contribution in [0.15, 0.2) is 97.1 Å². The van der Waals surface area contributed by atoms with Crippen molar-refractivity contribution in [2.45, 2.75) is 38.5 Å². The monoisotopic (exact) mass is 438 g/mol. The minimum Gasteiger partial charge on any atom is -0.0763 e.